The number of aliphatic hydroxyl groups is 4. The monoisotopic (exact) mass is 864 g/mol. The van der Waals surface area contributed by atoms with Gasteiger partial charge < -0.3 is 25.7 Å². The Kier molecular flexibility index (Phi) is 49.3. The van der Waals surface area contributed by atoms with Crippen molar-refractivity contribution in [2.75, 3.05) is 6.61 Å². The molecule has 4 unspecified atom stereocenters. The Bertz CT molecular complexity index is 882. The molecule has 0 aliphatic heterocycles. The number of hydrogen-bond acceptors (Lipinski definition) is 5. The molecular weight excluding hydrogens is 755 g/mol. The maximum atomic E-state index is 12.6. The van der Waals surface area contributed by atoms with E-state index >= 15 is 0 Å². The zero-order chi connectivity index (χ0) is 44.5. The van der Waals surface area contributed by atoms with Crippen molar-refractivity contribution >= 4 is 5.91 Å². The third-order valence-corrected chi connectivity index (χ3v) is 13.2. The van der Waals surface area contributed by atoms with E-state index in [-0.39, 0.29) is 0 Å². The number of allylic oxidation sites excluding steroid dienone is 2. The number of aliphatic hydroxyl groups excluding tert-OH is 4. The Morgan fingerprint density at radius 1 is 0.393 bits per heavy atom. The van der Waals surface area contributed by atoms with E-state index in [0.29, 0.717) is 12.8 Å². The molecule has 0 radical (unpaired) electrons. The average molecular weight is 864 g/mol. The van der Waals surface area contributed by atoms with Crippen LogP contribution in [0.1, 0.15) is 303 Å². The molecular formula is C55H109NO5. The minimum atomic E-state index is -1.28. The molecule has 0 heterocycles. The van der Waals surface area contributed by atoms with Crippen molar-refractivity contribution in [2.24, 2.45) is 0 Å². The van der Waals surface area contributed by atoms with Crippen molar-refractivity contribution in [3.05, 3.63) is 12.2 Å². The van der Waals surface area contributed by atoms with E-state index in [0.717, 1.165) is 38.5 Å². The molecule has 5 N–H and O–H groups in total. The summed E-state index contributed by atoms with van der Waals surface area (Å²) >= 11 is 0. The van der Waals surface area contributed by atoms with Gasteiger partial charge in [0.05, 0.1) is 18.8 Å². The zero-order valence-electron chi connectivity index (χ0n) is 41.2. The first-order valence-corrected chi connectivity index (χ1v) is 27.6. The summed E-state index contributed by atoms with van der Waals surface area (Å²) in [5, 5.41) is 43.9. The quantitative estimate of drug-likeness (QED) is 0.0309. The molecule has 0 aliphatic rings. The van der Waals surface area contributed by atoms with Crippen LogP contribution in [0.3, 0.4) is 0 Å². The molecule has 0 aliphatic carbocycles. The summed E-state index contributed by atoms with van der Waals surface area (Å²) < 4.78 is 0. The lowest BCUT2D eigenvalue weighted by Crippen LogP contribution is -2.53. The van der Waals surface area contributed by atoms with Gasteiger partial charge in [0.2, 0.25) is 5.91 Å². The summed E-state index contributed by atoms with van der Waals surface area (Å²) in [5.74, 6) is -0.587. The smallest absolute Gasteiger partial charge is 0.249 e. The SMILES string of the molecule is CCCCCCCCCCCCCC/C=C/CCCC(O)C(O)C(CO)NC(=O)C(O)CCCCCCCCCCCCCCCCCCCCCCCCCCCCCC. The first-order valence-electron chi connectivity index (χ1n) is 27.6. The molecule has 364 valence electrons. The van der Waals surface area contributed by atoms with Crippen molar-refractivity contribution < 1.29 is 25.2 Å². The van der Waals surface area contributed by atoms with Crippen LogP contribution in [0.4, 0.5) is 0 Å². The van der Waals surface area contributed by atoms with E-state index in [1.807, 2.05) is 0 Å². The predicted octanol–water partition coefficient (Wildman–Crippen LogP) is 15.7. The van der Waals surface area contributed by atoms with Gasteiger partial charge in [-0.1, -0.05) is 276 Å². The van der Waals surface area contributed by atoms with Crippen LogP contribution in [0.2, 0.25) is 0 Å². The van der Waals surface area contributed by atoms with Crippen LogP contribution in [0.25, 0.3) is 0 Å². The highest BCUT2D eigenvalue weighted by Crippen LogP contribution is 2.18. The van der Waals surface area contributed by atoms with Gasteiger partial charge in [-0.25, -0.2) is 0 Å². The van der Waals surface area contributed by atoms with Crippen LogP contribution in [0.5, 0.6) is 0 Å². The van der Waals surface area contributed by atoms with Crippen LogP contribution >= 0.6 is 0 Å². The highest BCUT2D eigenvalue weighted by Gasteiger charge is 2.28. The van der Waals surface area contributed by atoms with Crippen molar-refractivity contribution in [1.29, 1.82) is 0 Å². The van der Waals surface area contributed by atoms with Crippen LogP contribution in [0, 0.1) is 0 Å². The fourth-order valence-electron chi connectivity index (χ4n) is 8.88. The molecule has 0 rings (SSSR count). The molecule has 4 atom stereocenters. The Balaban J connectivity index is 3.60. The number of hydrogen-bond donors (Lipinski definition) is 5. The first kappa shape index (κ1) is 60.1. The van der Waals surface area contributed by atoms with Crippen LogP contribution in [-0.2, 0) is 4.79 Å². The summed E-state index contributed by atoms with van der Waals surface area (Å²) in [4.78, 5) is 12.6. The first-order chi connectivity index (χ1) is 30.0. The number of amides is 1. The Hall–Kier alpha value is -0.950. The fourth-order valence-corrected chi connectivity index (χ4v) is 8.88. The summed E-state index contributed by atoms with van der Waals surface area (Å²) in [6.07, 6.45) is 58.5. The lowest BCUT2D eigenvalue weighted by molar-refractivity contribution is -0.132. The molecule has 0 bridgehead atoms. The molecule has 0 saturated heterocycles. The number of carbonyl (C=O) groups excluding carboxylic acids is 1. The molecule has 0 aromatic heterocycles. The van der Waals surface area contributed by atoms with Crippen molar-refractivity contribution in [2.45, 2.75) is 327 Å². The molecule has 0 saturated carbocycles. The van der Waals surface area contributed by atoms with Gasteiger partial charge in [-0.2, -0.15) is 0 Å². The number of nitrogens with one attached hydrogen (secondary N) is 1. The molecule has 0 aromatic rings. The zero-order valence-corrected chi connectivity index (χ0v) is 41.2. The second-order valence-electron chi connectivity index (χ2n) is 19.3. The molecule has 0 spiro atoms. The third-order valence-electron chi connectivity index (χ3n) is 13.2. The van der Waals surface area contributed by atoms with E-state index in [4.69, 9.17) is 0 Å². The van der Waals surface area contributed by atoms with Crippen molar-refractivity contribution in [3.63, 3.8) is 0 Å². The summed E-state index contributed by atoms with van der Waals surface area (Å²) in [6.45, 7) is 4.08. The summed E-state index contributed by atoms with van der Waals surface area (Å²) in [7, 11) is 0. The Morgan fingerprint density at radius 3 is 0.984 bits per heavy atom. The molecule has 1 amide bonds. The maximum absolute atomic E-state index is 12.6. The molecule has 6 heteroatoms. The lowest BCUT2D eigenvalue weighted by atomic mass is 10.00. The normalized spacial score (nSPS) is 13.9. The largest absolute Gasteiger partial charge is 0.394 e. The topological polar surface area (TPSA) is 110 Å². The molecule has 61 heavy (non-hydrogen) atoms. The maximum Gasteiger partial charge on any atom is 0.249 e. The summed E-state index contributed by atoms with van der Waals surface area (Å²) in [6, 6.07) is -0.998. The second kappa shape index (κ2) is 50.1. The van der Waals surface area contributed by atoms with E-state index < -0.39 is 36.9 Å². The van der Waals surface area contributed by atoms with Gasteiger partial charge in [0, 0.05) is 0 Å². The van der Waals surface area contributed by atoms with E-state index in [1.165, 1.54) is 238 Å². The van der Waals surface area contributed by atoms with Gasteiger partial charge >= 0.3 is 0 Å². The predicted molar refractivity (Wildman–Crippen MR) is 265 cm³/mol. The fraction of sp³-hybridized carbons (Fsp3) is 0.945. The number of unbranched alkanes of at least 4 members (excludes halogenated alkanes) is 40. The van der Waals surface area contributed by atoms with Crippen molar-refractivity contribution in [1.82, 2.24) is 5.32 Å². The summed E-state index contributed by atoms with van der Waals surface area (Å²) in [5.41, 5.74) is 0. The van der Waals surface area contributed by atoms with Crippen LogP contribution in [0.15, 0.2) is 12.2 Å². The van der Waals surface area contributed by atoms with E-state index in [9.17, 15) is 25.2 Å². The van der Waals surface area contributed by atoms with Gasteiger partial charge in [-0.05, 0) is 38.5 Å². The highest BCUT2D eigenvalue weighted by molar-refractivity contribution is 5.80. The van der Waals surface area contributed by atoms with Gasteiger partial charge in [0.15, 0.2) is 0 Å². The average Bonchev–Trinajstić information content (AvgIpc) is 3.26. The van der Waals surface area contributed by atoms with Gasteiger partial charge in [0.25, 0.3) is 0 Å². The van der Waals surface area contributed by atoms with E-state index in [2.05, 4.69) is 31.3 Å². The van der Waals surface area contributed by atoms with Gasteiger partial charge in [-0.3, -0.25) is 4.79 Å². The van der Waals surface area contributed by atoms with Crippen LogP contribution < -0.4 is 5.32 Å². The number of carbonyl (C=O) groups is 1. The van der Waals surface area contributed by atoms with E-state index in [1.54, 1.807) is 0 Å². The third kappa shape index (κ3) is 44.1. The van der Waals surface area contributed by atoms with Crippen LogP contribution in [-0.4, -0.2) is 57.3 Å². The molecule has 6 nitrogen and oxygen atoms in total. The highest BCUT2D eigenvalue weighted by atomic mass is 16.3. The Morgan fingerprint density at radius 2 is 0.672 bits per heavy atom. The van der Waals surface area contributed by atoms with Gasteiger partial charge in [0.1, 0.15) is 12.2 Å². The standard InChI is InChI=1S/C55H109NO5/c1-3-5-7-9-11-13-15-17-19-21-22-23-24-25-26-27-28-29-30-31-33-35-37-39-41-43-45-47-49-53(59)55(61)56-51(50-57)54(60)52(58)48-46-44-42-40-38-36-34-32-20-18-16-14-12-10-8-6-4-2/h40,42,51-54,57-60H,3-39,41,43-50H2,1-2H3,(H,56,61)/b42-40+. The van der Waals surface area contributed by atoms with Crippen molar-refractivity contribution in [3.8, 4) is 0 Å². The number of rotatable bonds is 51. The minimum Gasteiger partial charge on any atom is -0.394 e. The minimum absolute atomic E-state index is 0.369. The second-order valence-corrected chi connectivity index (χ2v) is 19.3. The molecule has 0 aromatic carbocycles. The lowest BCUT2D eigenvalue weighted by Gasteiger charge is -2.27. The van der Waals surface area contributed by atoms with Gasteiger partial charge in [-0.15, -0.1) is 0 Å². The molecule has 0 fully saturated rings. The Labute approximate surface area is 381 Å².